The summed E-state index contributed by atoms with van der Waals surface area (Å²) in [5.74, 6) is -0.726. The van der Waals surface area contributed by atoms with Crippen LogP contribution in [-0.4, -0.2) is 164 Å². The second-order valence-electron chi connectivity index (χ2n) is 16.5. The van der Waals surface area contributed by atoms with Crippen molar-refractivity contribution in [3.63, 3.8) is 0 Å². The number of alkyl halides is 3. The van der Waals surface area contributed by atoms with Gasteiger partial charge in [-0.25, -0.2) is 9.59 Å². The van der Waals surface area contributed by atoms with Gasteiger partial charge in [0.15, 0.2) is 6.10 Å². The molecule has 4 aliphatic rings. The molecule has 14 nitrogen and oxygen atoms in total. The smallest absolute Gasteiger partial charge is 0.418 e. The molecule has 3 fully saturated rings. The van der Waals surface area contributed by atoms with Crippen LogP contribution in [0.4, 0.5) is 34.1 Å². The van der Waals surface area contributed by atoms with Crippen molar-refractivity contribution in [1.82, 2.24) is 29.4 Å². The fourth-order valence-corrected chi connectivity index (χ4v) is 8.93. The predicted octanol–water partition coefficient (Wildman–Crippen LogP) is 5.04. The van der Waals surface area contributed by atoms with Crippen LogP contribution in [0, 0.1) is 0 Å². The van der Waals surface area contributed by atoms with Crippen LogP contribution >= 0.6 is 11.6 Å². The van der Waals surface area contributed by atoms with Gasteiger partial charge in [0.05, 0.1) is 22.9 Å². The molecule has 18 heteroatoms. The Morgan fingerprint density at radius 3 is 2.27 bits per heavy atom. The molecule has 4 heterocycles. The van der Waals surface area contributed by atoms with Gasteiger partial charge in [0.2, 0.25) is 0 Å². The number of ether oxygens (including phenoxy) is 2. The highest BCUT2D eigenvalue weighted by Gasteiger charge is 2.39. The van der Waals surface area contributed by atoms with Crippen LogP contribution in [0.2, 0.25) is 5.02 Å². The van der Waals surface area contributed by atoms with Crippen LogP contribution in [0.25, 0.3) is 0 Å². The zero-order chi connectivity index (χ0) is 43.1. The second kappa shape index (κ2) is 20.0. The molecular weight excluding hydrogens is 805 g/mol. The fraction of sp³-hybridized carbons (Fsp3) is 0.619. The molecule has 3 N–H and O–H groups in total. The van der Waals surface area contributed by atoms with Gasteiger partial charge in [-0.1, -0.05) is 29.8 Å². The molecule has 2 aromatic carbocycles. The first-order chi connectivity index (χ1) is 28.6. The molecule has 6 rings (SSSR count). The summed E-state index contributed by atoms with van der Waals surface area (Å²) in [4.78, 5) is 65.1. The number of nitrogens with zero attached hydrogens (tertiary/aromatic N) is 6. The summed E-state index contributed by atoms with van der Waals surface area (Å²) < 4.78 is 53.2. The molecular formula is C42H58ClF3N8O6. The number of likely N-dealkylation sites (tertiary alicyclic amines) is 2. The van der Waals surface area contributed by atoms with Gasteiger partial charge in [0.1, 0.15) is 6.04 Å². The van der Waals surface area contributed by atoms with E-state index < -0.39 is 35.5 Å². The molecule has 2 aromatic rings. The summed E-state index contributed by atoms with van der Waals surface area (Å²) in [6.45, 7) is 7.44. The highest BCUT2D eigenvalue weighted by Crippen LogP contribution is 2.38. The zero-order valence-electron chi connectivity index (χ0n) is 34.7. The van der Waals surface area contributed by atoms with E-state index in [1.807, 2.05) is 50.2 Å². The van der Waals surface area contributed by atoms with Crippen molar-refractivity contribution >= 4 is 47.0 Å². The molecule has 4 aliphatic heterocycles. The standard InChI is InChI=1S/C42H58ClF3N8O6/c1-28(39(56)59-24-6-14-49(2)3)50-15-10-31(11-16-50)51-20-22-52(23-21-51)38(55)36(27-29-25-33(42(44,45)46)37(47)34(43)26-29)60-41(58)53-17-12-32(13-18-53)54-19-9-30-7-4-5-8-35(30)48-40(54)57/h4-5,7-8,25-26,28,31-32,36H,6,9-24,27,47H2,1-3H3,(H,48,57)/t28?,36-/m1/s1. The predicted molar refractivity (Wildman–Crippen MR) is 222 cm³/mol. The van der Waals surface area contributed by atoms with Crippen molar-refractivity contribution in [2.75, 3.05) is 97.2 Å². The third-order valence-electron chi connectivity index (χ3n) is 12.3. The average molecular weight is 863 g/mol. The van der Waals surface area contributed by atoms with E-state index in [1.54, 1.807) is 9.80 Å². The molecule has 60 heavy (non-hydrogen) atoms. The Morgan fingerprint density at radius 2 is 1.60 bits per heavy atom. The van der Waals surface area contributed by atoms with E-state index in [4.69, 9.17) is 26.8 Å². The number of amides is 4. The molecule has 1 unspecified atom stereocenters. The first-order valence-electron chi connectivity index (χ1n) is 20.9. The molecule has 0 aromatic heterocycles. The summed E-state index contributed by atoms with van der Waals surface area (Å²) in [5, 5.41) is 2.67. The lowest BCUT2D eigenvalue weighted by Crippen LogP contribution is -2.57. The number of para-hydroxylation sites is 1. The zero-order valence-corrected chi connectivity index (χ0v) is 35.5. The van der Waals surface area contributed by atoms with Crippen LogP contribution in [0.15, 0.2) is 36.4 Å². The van der Waals surface area contributed by atoms with Crippen molar-refractivity contribution in [3.05, 3.63) is 58.1 Å². The maximum Gasteiger partial charge on any atom is 0.418 e. The van der Waals surface area contributed by atoms with Gasteiger partial charge in [-0.05, 0) is 88.9 Å². The number of piperazine rings is 1. The van der Waals surface area contributed by atoms with Crippen LogP contribution in [0.5, 0.6) is 0 Å². The molecule has 4 amide bonds. The minimum atomic E-state index is -4.79. The van der Waals surface area contributed by atoms with Crippen LogP contribution < -0.4 is 11.1 Å². The fourth-order valence-electron chi connectivity index (χ4n) is 8.69. The summed E-state index contributed by atoms with van der Waals surface area (Å²) in [6, 6.07) is 9.38. The van der Waals surface area contributed by atoms with Crippen molar-refractivity contribution in [2.45, 2.75) is 82.3 Å². The summed E-state index contributed by atoms with van der Waals surface area (Å²) in [6.07, 6.45) is -3.19. The van der Waals surface area contributed by atoms with E-state index >= 15 is 0 Å². The number of nitrogens with one attached hydrogen (secondary N) is 1. The first kappa shape index (κ1) is 45.2. The van der Waals surface area contributed by atoms with Crippen molar-refractivity contribution in [3.8, 4) is 0 Å². The number of fused-ring (bicyclic) bond motifs is 1. The Bertz CT molecular complexity index is 1830. The molecule has 3 saturated heterocycles. The van der Waals surface area contributed by atoms with Crippen LogP contribution in [-0.2, 0) is 38.1 Å². The number of nitrogen functional groups attached to an aromatic ring is 1. The topological polar surface area (TPSA) is 144 Å². The van der Waals surface area contributed by atoms with Gasteiger partial charge in [-0.2, -0.15) is 13.2 Å². The number of carbonyl (C=O) groups is 4. The normalized spacial score (nSPS) is 20.0. The third-order valence-corrected chi connectivity index (χ3v) is 12.6. The van der Waals surface area contributed by atoms with Crippen LogP contribution in [0.3, 0.4) is 0 Å². The maximum atomic E-state index is 14.2. The highest BCUT2D eigenvalue weighted by atomic mass is 35.5. The van der Waals surface area contributed by atoms with Crippen molar-refractivity contribution < 1.29 is 41.8 Å². The van der Waals surface area contributed by atoms with Crippen molar-refractivity contribution in [1.29, 1.82) is 0 Å². The van der Waals surface area contributed by atoms with Gasteiger partial charge in [0, 0.05) is 89.6 Å². The van der Waals surface area contributed by atoms with Gasteiger partial charge in [-0.3, -0.25) is 19.4 Å². The number of hydrogen-bond donors (Lipinski definition) is 2. The molecule has 0 aliphatic carbocycles. The molecule has 0 saturated carbocycles. The lowest BCUT2D eigenvalue weighted by molar-refractivity contribution is -0.150. The van der Waals surface area contributed by atoms with E-state index in [0.29, 0.717) is 58.6 Å². The number of hydrogen-bond acceptors (Lipinski definition) is 10. The monoisotopic (exact) mass is 862 g/mol. The van der Waals surface area contributed by atoms with E-state index in [2.05, 4.69) is 15.1 Å². The minimum Gasteiger partial charge on any atom is -0.464 e. The number of halogens is 4. The number of rotatable bonds is 12. The van der Waals surface area contributed by atoms with Gasteiger partial charge in [0.25, 0.3) is 5.91 Å². The number of carbonyl (C=O) groups excluding carboxylic acids is 4. The van der Waals surface area contributed by atoms with Crippen LogP contribution in [0.1, 0.15) is 55.7 Å². The largest absolute Gasteiger partial charge is 0.464 e. The molecule has 0 spiro atoms. The lowest BCUT2D eigenvalue weighted by atomic mass is 10.00. The van der Waals surface area contributed by atoms with E-state index in [9.17, 15) is 32.3 Å². The van der Waals surface area contributed by atoms with Gasteiger partial charge < -0.3 is 40.1 Å². The SMILES string of the molecule is CC(C(=O)OCCCN(C)C)N1CCC(N2CCN(C(=O)[C@@H](Cc3cc(Cl)c(N)c(C(F)(F)F)c3)OC(=O)N3CCC(N4CCc5ccccc5NC4=O)CC3)CC2)CC1. The van der Waals surface area contributed by atoms with E-state index in [1.165, 1.54) is 11.0 Å². The minimum absolute atomic E-state index is 0.0524. The summed E-state index contributed by atoms with van der Waals surface area (Å²) >= 11 is 6.15. The second-order valence-corrected chi connectivity index (χ2v) is 16.9. The third kappa shape index (κ3) is 11.3. The number of urea groups is 1. The number of anilines is 2. The molecule has 0 radical (unpaired) electrons. The first-order valence-corrected chi connectivity index (χ1v) is 21.3. The molecule has 2 atom stereocenters. The van der Waals surface area contributed by atoms with Crippen molar-refractivity contribution in [2.24, 2.45) is 0 Å². The summed E-state index contributed by atoms with van der Waals surface area (Å²) in [7, 11) is 3.95. The number of nitrogens with two attached hydrogens (primary N) is 1. The lowest BCUT2D eigenvalue weighted by Gasteiger charge is -2.44. The van der Waals surface area contributed by atoms with Gasteiger partial charge in [-0.15, -0.1) is 0 Å². The maximum absolute atomic E-state index is 14.2. The Kier molecular flexibility index (Phi) is 15.1. The average Bonchev–Trinajstić information content (AvgIpc) is 3.40. The summed E-state index contributed by atoms with van der Waals surface area (Å²) in [5.41, 5.74) is 5.83. The Hall–Kier alpha value is -4.32. The Morgan fingerprint density at radius 1 is 0.933 bits per heavy atom. The molecule has 330 valence electrons. The van der Waals surface area contributed by atoms with E-state index in [0.717, 1.165) is 56.2 Å². The number of esters is 1. The Balaban J connectivity index is 1.05. The number of benzene rings is 2. The number of piperidine rings is 2. The highest BCUT2D eigenvalue weighted by molar-refractivity contribution is 6.33. The quantitative estimate of drug-likeness (QED) is 0.169. The molecule has 0 bridgehead atoms. The van der Waals surface area contributed by atoms with E-state index in [-0.39, 0.29) is 60.2 Å². The van der Waals surface area contributed by atoms with Gasteiger partial charge >= 0.3 is 24.3 Å². The Labute approximate surface area is 355 Å².